The molecule has 0 aliphatic carbocycles. The van der Waals surface area contributed by atoms with E-state index in [-0.39, 0.29) is 17.2 Å². The van der Waals surface area contributed by atoms with Gasteiger partial charge in [0.1, 0.15) is 28.6 Å². The van der Waals surface area contributed by atoms with Gasteiger partial charge >= 0.3 is 0 Å². The van der Waals surface area contributed by atoms with Crippen molar-refractivity contribution in [3.05, 3.63) is 96.1 Å². The number of methoxy groups -OCH3 is 1. The second-order valence-electron chi connectivity index (χ2n) is 9.32. The molecule has 0 heterocycles. The second kappa shape index (κ2) is 11.1. The van der Waals surface area contributed by atoms with E-state index in [0.29, 0.717) is 39.4 Å². The number of aromatic hydroxyl groups is 2. The zero-order valence-corrected chi connectivity index (χ0v) is 22.3. The van der Waals surface area contributed by atoms with Crippen LogP contribution in [0.5, 0.6) is 17.2 Å². The number of nitrogen functional groups attached to an aromatic ring is 1. The fraction of sp³-hybridized carbons (Fsp3) is 0.0968. The van der Waals surface area contributed by atoms with Crippen molar-refractivity contribution in [2.75, 3.05) is 18.2 Å². The van der Waals surface area contributed by atoms with Crippen molar-refractivity contribution in [1.82, 2.24) is 0 Å². The van der Waals surface area contributed by atoms with Crippen molar-refractivity contribution in [1.29, 1.82) is 0 Å². The van der Waals surface area contributed by atoms with Gasteiger partial charge < -0.3 is 26.0 Å². The maximum atomic E-state index is 11.0. The fourth-order valence-electron chi connectivity index (χ4n) is 4.15. The van der Waals surface area contributed by atoms with Crippen LogP contribution in [0.2, 0.25) is 0 Å². The zero-order chi connectivity index (χ0) is 28.2. The summed E-state index contributed by atoms with van der Waals surface area (Å²) in [6, 6.07) is 25.5. The van der Waals surface area contributed by atoms with Crippen molar-refractivity contribution >= 4 is 50.6 Å². The number of hydrogen-bond donors (Lipinski definition) is 4. The molecule has 0 aliphatic rings. The molecule has 0 unspecified atom stereocenters. The molecule has 0 saturated heterocycles. The molecular formula is C31H28N6O3. The van der Waals surface area contributed by atoms with Crippen LogP contribution in [0.4, 0.5) is 39.8 Å². The number of fused-ring (bicyclic) bond motifs is 1. The van der Waals surface area contributed by atoms with Gasteiger partial charge in [-0.2, -0.15) is 5.11 Å². The summed E-state index contributed by atoms with van der Waals surface area (Å²) in [5.41, 5.74) is 11.5. The number of hydrogen-bond acceptors (Lipinski definition) is 9. The van der Waals surface area contributed by atoms with E-state index in [2.05, 4.69) is 25.8 Å². The molecule has 9 nitrogen and oxygen atoms in total. The Bertz CT molecular complexity index is 1750. The number of azo groups is 2. The number of phenols is 2. The SMILES string of the molecule is COc1cc(N=Nc2c(C)cc3cc(Nc4ccc(N)cc4)ccc3c2O)c(O)cc1N=Nc1ccc(C)cc1. The standard InChI is InChI=1S/C31H28N6O3/c1-18-4-8-23(9-5-18)34-36-27-16-28(38)26(17-29(27)40-3)35-37-30-19(2)14-20-15-24(12-13-25(20)31(30)39)33-22-10-6-21(32)7-11-22/h4-17,33,38-39H,32H2,1-3H3. The number of rotatable bonds is 7. The minimum absolute atomic E-state index is 0.00671. The smallest absolute Gasteiger partial charge is 0.151 e. The third-order valence-corrected chi connectivity index (χ3v) is 6.32. The first-order chi connectivity index (χ1) is 19.3. The summed E-state index contributed by atoms with van der Waals surface area (Å²) < 4.78 is 5.44. The van der Waals surface area contributed by atoms with Crippen molar-refractivity contribution < 1.29 is 14.9 Å². The monoisotopic (exact) mass is 532 g/mol. The van der Waals surface area contributed by atoms with Gasteiger partial charge in [0.15, 0.2) is 5.75 Å². The highest BCUT2D eigenvalue weighted by Crippen LogP contribution is 2.43. The van der Waals surface area contributed by atoms with E-state index in [1.54, 1.807) is 0 Å². The molecule has 5 rings (SSSR count). The summed E-state index contributed by atoms with van der Waals surface area (Å²) >= 11 is 0. The molecule has 0 saturated carbocycles. The number of nitrogens with zero attached hydrogens (tertiary/aromatic N) is 4. The summed E-state index contributed by atoms with van der Waals surface area (Å²) in [6.45, 7) is 3.83. The lowest BCUT2D eigenvalue weighted by Gasteiger charge is -2.11. The van der Waals surface area contributed by atoms with Gasteiger partial charge in [0, 0.05) is 34.6 Å². The molecule has 5 aromatic rings. The highest BCUT2D eigenvalue weighted by molar-refractivity contribution is 5.96. The average Bonchev–Trinajstić information content (AvgIpc) is 2.94. The lowest BCUT2D eigenvalue weighted by Crippen LogP contribution is -1.91. The molecular weight excluding hydrogens is 504 g/mol. The summed E-state index contributed by atoms with van der Waals surface area (Å²) in [5, 5.41) is 43.3. The normalized spacial score (nSPS) is 11.5. The van der Waals surface area contributed by atoms with Crippen molar-refractivity contribution in [2.45, 2.75) is 13.8 Å². The highest BCUT2D eigenvalue weighted by Gasteiger charge is 2.13. The zero-order valence-electron chi connectivity index (χ0n) is 22.3. The third kappa shape index (κ3) is 5.68. The van der Waals surface area contributed by atoms with Crippen molar-refractivity contribution in [3.63, 3.8) is 0 Å². The van der Waals surface area contributed by atoms with Gasteiger partial charge in [0.2, 0.25) is 0 Å². The van der Waals surface area contributed by atoms with Crippen LogP contribution in [0.3, 0.4) is 0 Å². The third-order valence-electron chi connectivity index (χ3n) is 6.32. The van der Waals surface area contributed by atoms with E-state index in [9.17, 15) is 10.2 Å². The maximum absolute atomic E-state index is 11.0. The minimum Gasteiger partial charge on any atom is -0.506 e. The molecule has 0 atom stereocenters. The largest absolute Gasteiger partial charge is 0.506 e. The molecule has 0 aromatic heterocycles. The van der Waals surface area contributed by atoms with Crippen LogP contribution in [0.15, 0.2) is 105 Å². The molecule has 40 heavy (non-hydrogen) atoms. The number of nitrogens with one attached hydrogen (secondary N) is 1. The number of aryl methyl sites for hydroxylation is 2. The van der Waals surface area contributed by atoms with Crippen LogP contribution in [-0.2, 0) is 0 Å². The summed E-state index contributed by atoms with van der Waals surface area (Å²) in [7, 11) is 1.49. The van der Waals surface area contributed by atoms with Crippen LogP contribution < -0.4 is 15.8 Å². The van der Waals surface area contributed by atoms with E-state index in [0.717, 1.165) is 22.3 Å². The minimum atomic E-state index is -0.154. The van der Waals surface area contributed by atoms with Gasteiger partial charge in [-0.3, -0.25) is 0 Å². The first-order valence-electron chi connectivity index (χ1n) is 12.5. The maximum Gasteiger partial charge on any atom is 0.151 e. The Labute approximate surface area is 231 Å². The molecule has 5 N–H and O–H groups in total. The van der Waals surface area contributed by atoms with Crippen LogP contribution >= 0.6 is 0 Å². The Balaban J connectivity index is 1.41. The Kier molecular flexibility index (Phi) is 7.28. The van der Waals surface area contributed by atoms with Gasteiger partial charge in [0.05, 0.1) is 12.8 Å². The number of anilines is 3. The quantitative estimate of drug-likeness (QED) is 0.122. The molecule has 0 bridgehead atoms. The summed E-state index contributed by atoms with van der Waals surface area (Å²) in [5.74, 6) is 0.203. The Hall–Kier alpha value is -5.44. The van der Waals surface area contributed by atoms with Crippen molar-refractivity contribution in [3.8, 4) is 17.2 Å². The molecule has 0 aliphatic heterocycles. The van der Waals surface area contributed by atoms with Gasteiger partial charge in [-0.1, -0.05) is 17.7 Å². The number of phenolic OH excluding ortho intramolecular Hbond substituents is 2. The van der Waals surface area contributed by atoms with Gasteiger partial charge in [-0.15, -0.1) is 15.3 Å². The van der Waals surface area contributed by atoms with E-state index in [4.69, 9.17) is 10.5 Å². The van der Waals surface area contributed by atoms with E-state index >= 15 is 0 Å². The molecule has 0 amide bonds. The van der Waals surface area contributed by atoms with Gasteiger partial charge in [-0.25, -0.2) is 0 Å². The van der Waals surface area contributed by atoms with E-state index in [1.165, 1.54) is 19.2 Å². The topological polar surface area (TPSA) is 137 Å². The van der Waals surface area contributed by atoms with Crippen molar-refractivity contribution in [2.24, 2.45) is 20.5 Å². The predicted molar refractivity (Wildman–Crippen MR) is 159 cm³/mol. The lowest BCUT2D eigenvalue weighted by atomic mass is 10.0. The summed E-state index contributed by atoms with van der Waals surface area (Å²) in [4.78, 5) is 0. The Morgan fingerprint density at radius 3 is 2.15 bits per heavy atom. The Morgan fingerprint density at radius 2 is 1.43 bits per heavy atom. The summed E-state index contributed by atoms with van der Waals surface area (Å²) in [6.07, 6.45) is 0. The number of ether oxygens (including phenoxy) is 1. The van der Waals surface area contributed by atoms with Crippen LogP contribution in [0.1, 0.15) is 11.1 Å². The lowest BCUT2D eigenvalue weighted by molar-refractivity contribution is 0.413. The Morgan fingerprint density at radius 1 is 0.725 bits per heavy atom. The van der Waals surface area contributed by atoms with Crippen LogP contribution in [-0.4, -0.2) is 17.3 Å². The molecule has 9 heteroatoms. The molecule has 0 spiro atoms. The van der Waals surface area contributed by atoms with Gasteiger partial charge in [0.25, 0.3) is 0 Å². The first kappa shape index (κ1) is 26.2. The van der Waals surface area contributed by atoms with Crippen LogP contribution in [0.25, 0.3) is 10.8 Å². The highest BCUT2D eigenvalue weighted by atomic mass is 16.5. The molecule has 5 aromatic carbocycles. The second-order valence-corrected chi connectivity index (χ2v) is 9.32. The first-order valence-corrected chi connectivity index (χ1v) is 12.5. The fourth-order valence-corrected chi connectivity index (χ4v) is 4.15. The van der Waals surface area contributed by atoms with Gasteiger partial charge in [-0.05, 0) is 85.5 Å². The predicted octanol–water partition coefficient (Wildman–Crippen LogP) is 9.03. The number of benzene rings is 5. The van der Waals surface area contributed by atoms with E-state index in [1.807, 2.05) is 86.6 Å². The molecule has 200 valence electrons. The average molecular weight is 533 g/mol. The molecule has 0 radical (unpaired) electrons. The van der Waals surface area contributed by atoms with E-state index < -0.39 is 0 Å². The molecule has 0 fully saturated rings. The number of nitrogens with two attached hydrogens (primary N) is 1. The van der Waals surface area contributed by atoms with Crippen LogP contribution in [0, 0.1) is 13.8 Å².